The molecule has 1 aromatic heterocycles. The van der Waals surface area contributed by atoms with Gasteiger partial charge < -0.3 is 5.32 Å². The summed E-state index contributed by atoms with van der Waals surface area (Å²) in [4.78, 5) is 0.0648. The third kappa shape index (κ3) is 4.10. The summed E-state index contributed by atoms with van der Waals surface area (Å²) < 4.78 is 41.6. The summed E-state index contributed by atoms with van der Waals surface area (Å²) in [5.41, 5.74) is 0.295. The molecule has 0 aliphatic carbocycles. The third-order valence-corrected chi connectivity index (χ3v) is 4.28. The van der Waals surface area contributed by atoms with Gasteiger partial charge >= 0.3 is 0 Å². The zero-order valence-electron chi connectivity index (χ0n) is 11.6. The molecule has 0 bridgehead atoms. The molecule has 2 aromatic rings. The highest BCUT2D eigenvalue weighted by Gasteiger charge is 2.16. The molecule has 0 spiro atoms. The van der Waals surface area contributed by atoms with Crippen molar-refractivity contribution in [3.8, 4) is 0 Å². The first-order valence-electron chi connectivity index (χ1n) is 6.43. The minimum absolute atomic E-state index is 0.0648. The summed E-state index contributed by atoms with van der Waals surface area (Å²) in [6, 6.07) is 6.04. The van der Waals surface area contributed by atoms with E-state index in [1.54, 1.807) is 19.2 Å². The molecule has 0 saturated carbocycles. The van der Waals surface area contributed by atoms with Crippen molar-refractivity contribution in [3.63, 3.8) is 0 Å². The van der Waals surface area contributed by atoms with Crippen molar-refractivity contribution in [2.24, 2.45) is 0 Å². The molecular formula is C13H17FN4O2S. The molecule has 0 saturated heterocycles. The number of sulfonamides is 1. The maximum absolute atomic E-state index is 13.5. The molecule has 0 aliphatic rings. The topological polar surface area (TPSA) is 76.0 Å². The predicted molar refractivity (Wildman–Crippen MR) is 76.6 cm³/mol. The molecule has 21 heavy (non-hydrogen) atoms. The predicted octanol–water partition coefficient (Wildman–Crippen LogP) is 0.720. The van der Waals surface area contributed by atoms with Gasteiger partial charge in [-0.1, -0.05) is 18.2 Å². The molecule has 114 valence electrons. The lowest BCUT2D eigenvalue weighted by Crippen LogP contribution is -2.23. The Morgan fingerprint density at radius 3 is 2.81 bits per heavy atom. The second-order valence-electron chi connectivity index (χ2n) is 4.46. The zero-order valence-corrected chi connectivity index (χ0v) is 12.4. The van der Waals surface area contributed by atoms with Crippen molar-refractivity contribution in [2.45, 2.75) is 18.0 Å². The van der Waals surface area contributed by atoms with Gasteiger partial charge in [0.15, 0.2) is 0 Å². The summed E-state index contributed by atoms with van der Waals surface area (Å²) >= 11 is 0. The van der Waals surface area contributed by atoms with Crippen molar-refractivity contribution in [2.75, 3.05) is 13.6 Å². The van der Waals surface area contributed by atoms with Crippen LogP contribution in [0.25, 0.3) is 0 Å². The fourth-order valence-corrected chi connectivity index (χ4v) is 2.69. The van der Waals surface area contributed by atoms with Gasteiger partial charge in [0, 0.05) is 24.8 Å². The second kappa shape index (κ2) is 6.79. The van der Waals surface area contributed by atoms with E-state index in [-0.39, 0.29) is 11.4 Å². The SMILES string of the molecule is CNCCn1cc(S(=O)(=O)NCc2ccccc2F)cn1. The van der Waals surface area contributed by atoms with Crippen LogP contribution in [0.1, 0.15) is 5.56 Å². The van der Waals surface area contributed by atoms with Gasteiger partial charge in [-0.2, -0.15) is 5.10 Å². The van der Waals surface area contributed by atoms with Crippen LogP contribution in [-0.2, 0) is 23.1 Å². The fraction of sp³-hybridized carbons (Fsp3) is 0.308. The van der Waals surface area contributed by atoms with Crippen LogP contribution >= 0.6 is 0 Å². The van der Waals surface area contributed by atoms with Crippen LogP contribution in [0.2, 0.25) is 0 Å². The van der Waals surface area contributed by atoms with Crippen LogP contribution in [0.3, 0.4) is 0 Å². The summed E-state index contributed by atoms with van der Waals surface area (Å²) in [7, 11) is -1.90. The van der Waals surface area contributed by atoms with E-state index in [0.29, 0.717) is 18.7 Å². The van der Waals surface area contributed by atoms with Crippen molar-refractivity contribution in [1.29, 1.82) is 0 Å². The van der Waals surface area contributed by atoms with Gasteiger partial charge in [0.2, 0.25) is 10.0 Å². The Kier molecular flexibility index (Phi) is 5.05. The van der Waals surface area contributed by atoms with Crippen molar-refractivity contribution >= 4 is 10.0 Å². The number of hydrogen-bond donors (Lipinski definition) is 2. The summed E-state index contributed by atoms with van der Waals surface area (Å²) in [6.07, 6.45) is 2.72. The number of nitrogens with one attached hydrogen (secondary N) is 2. The van der Waals surface area contributed by atoms with Crippen LogP contribution < -0.4 is 10.0 Å². The lowest BCUT2D eigenvalue weighted by Gasteiger charge is -2.05. The van der Waals surface area contributed by atoms with Gasteiger partial charge in [-0.3, -0.25) is 4.68 Å². The number of nitrogens with zero attached hydrogens (tertiary/aromatic N) is 2. The molecule has 0 atom stereocenters. The normalized spacial score (nSPS) is 11.7. The van der Waals surface area contributed by atoms with Gasteiger partial charge in [0.1, 0.15) is 10.7 Å². The number of benzene rings is 1. The maximum atomic E-state index is 13.5. The molecule has 1 heterocycles. The third-order valence-electron chi connectivity index (χ3n) is 2.92. The molecule has 1 aromatic carbocycles. The molecule has 2 N–H and O–H groups in total. The highest BCUT2D eigenvalue weighted by molar-refractivity contribution is 7.89. The van der Waals surface area contributed by atoms with Crippen LogP contribution in [0.5, 0.6) is 0 Å². The fourth-order valence-electron chi connectivity index (χ4n) is 1.73. The van der Waals surface area contributed by atoms with Gasteiger partial charge in [0.05, 0.1) is 12.7 Å². The average molecular weight is 312 g/mol. The quantitative estimate of drug-likeness (QED) is 0.790. The largest absolute Gasteiger partial charge is 0.318 e. The van der Waals surface area contributed by atoms with Gasteiger partial charge in [0.25, 0.3) is 0 Å². The first-order chi connectivity index (χ1) is 10.0. The number of likely N-dealkylation sites (N-methyl/N-ethyl adjacent to an activating group) is 1. The highest BCUT2D eigenvalue weighted by Crippen LogP contribution is 2.10. The number of halogens is 1. The Balaban J connectivity index is 2.05. The summed E-state index contributed by atoms with van der Waals surface area (Å²) in [6.45, 7) is 1.15. The van der Waals surface area contributed by atoms with E-state index in [1.807, 2.05) is 0 Å². The highest BCUT2D eigenvalue weighted by atomic mass is 32.2. The monoisotopic (exact) mass is 312 g/mol. The van der Waals surface area contributed by atoms with E-state index in [9.17, 15) is 12.8 Å². The Labute approximate surface area is 123 Å². The van der Waals surface area contributed by atoms with Crippen LogP contribution in [0, 0.1) is 5.82 Å². The number of aromatic nitrogens is 2. The molecule has 0 unspecified atom stereocenters. The van der Waals surface area contributed by atoms with E-state index in [2.05, 4.69) is 15.1 Å². The van der Waals surface area contributed by atoms with Crippen LogP contribution in [-0.4, -0.2) is 31.8 Å². The average Bonchev–Trinajstić information content (AvgIpc) is 2.94. The van der Waals surface area contributed by atoms with E-state index in [1.165, 1.54) is 29.2 Å². The van der Waals surface area contributed by atoms with E-state index in [0.717, 1.165) is 0 Å². The lowest BCUT2D eigenvalue weighted by atomic mass is 10.2. The van der Waals surface area contributed by atoms with E-state index >= 15 is 0 Å². The Morgan fingerprint density at radius 2 is 2.10 bits per heavy atom. The van der Waals surface area contributed by atoms with Crippen molar-refractivity contribution < 1.29 is 12.8 Å². The second-order valence-corrected chi connectivity index (χ2v) is 6.23. The van der Waals surface area contributed by atoms with Gasteiger partial charge in [-0.05, 0) is 13.1 Å². The maximum Gasteiger partial charge on any atom is 0.243 e. The Morgan fingerprint density at radius 1 is 1.33 bits per heavy atom. The molecule has 0 fully saturated rings. The summed E-state index contributed by atoms with van der Waals surface area (Å²) in [5.74, 6) is -0.440. The first kappa shape index (κ1) is 15.6. The van der Waals surface area contributed by atoms with E-state index < -0.39 is 15.8 Å². The molecular weight excluding hydrogens is 295 g/mol. The minimum Gasteiger partial charge on any atom is -0.318 e. The number of rotatable bonds is 7. The minimum atomic E-state index is -3.70. The molecule has 2 rings (SSSR count). The molecule has 8 heteroatoms. The first-order valence-corrected chi connectivity index (χ1v) is 7.91. The Hall–Kier alpha value is -1.77. The Bertz CT molecular complexity index is 700. The van der Waals surface area contributed by atoms with Crippen molar-refractivity contribution in [1.82, 2.24) is 19.8 Å². The molecule has 0 aliphatic heterocycles. The summed E-state index contributed by atoms with van der Waals surface area (Å²) in [5, 5.41) is 6.93. The molecule has 0 amide bonds. The lowest BCUT2D eigenvalue weighted by molar-refractivity contribution is 0.571. The smallest absolute Gasteiger partial charge is 0.243 e. The molecule has 0 radical (unpaired) electrons. The standard InChI is InChI=1S/C13H17FN4O2S/c1-15-6-7-18-10-12(9-16-18)21(19,20)17-8-11-4-2-3-5-13(11)14/h2-5,9-10,15,17H,6-8H2,1H3. The van der Waals surface area contributed by atoms with Crippen LogP contribution in [0.4, 0.5) is 4.39 Å². The zero-order chi connectivity index (χ0) is 15.3. The molecule has 6 nitrogen and oxygen atoms in total. The van der Waals surface area contributed by atoms with Gasteiger partial charge in [-0.25, -0.2) is 17.5 Å². The van der Waals surface area contributed by atoms with Crippen LogP contribution in [0.15, 0.2) is 41.6 Å². The number of hydrogen-bond acceptors (Lipinski definition) is 4. The van der Waals surface area contributed by atoms with E-state index in [4.69, 9.17) is 0 Å². The van der Waals surface area contributed by atoms with Gasteiger partial charge in [-0.15, -0.1) is 0 Å². The van der Waals surface area contributed by atoms with Crippen molar-refractivity contribution in [3.05, 3.63) is 48.0 Å².